The fourth-order valence-electron chi connectivity index (χ4n) is 4.25. The van der Waals surface area contributed by atoms with Crippen molar-refractivity contribution in [2.24, 2.45) is 0 Å². The van der Waals surface area contributed by atoms with E-state index in [-0.39, 0.29) is 5.69 Å². The van der Waals surface area contributed by atoms with Gasteiger partial charge in [-0.25, -0.2) is 9.48 Å². The van der Waals surface area contributed by atoms with Gasteiger partial charge in [-0.2, -0.15) is 10.1 Å². The van der Waals surface area contributed by atoms with E-state index in [2.05, 4.69) is 15.8 Å². The van der Waals surface area contributed by atoms with Gasteiger partial charge in [-0.15, -0.1) is 0 Å². The molecule has 2 aliphatic rings. The molecule has 32 heavy (non-hydrogen) atoms. The highest BCUT2D eigenvalue weighted by Crippen LogP contribution is 2.33. The van der Waals surface area contributed by atoms with Crippen LogP contribution in [0.5, 0.6) is 0 Å². The van der Waals surface area contributed by atoms with Crippen molar-refractivity contribution >= 4 is 29.4 Å². The Kier molecular flexibility index (Phi) is 4.97. The van der Waals surface area contributed by atoms with Gasteiger partial charge < -0.3 is 9.73 Å². The van der Waals surface area contributed by atoms with Crippen LogP contribution in [0.1, 0.15) is 42.6 Å². The van der Waals surface area contributed by atoms with Crippen LogP contribution in [0.4, 0.5) is 4.79 Å². The summed E-state index contributed by atoms with van der Waals surface area (Å²) in [6.45, 7) is 0. The van der Waals surface area contributed by atoms with Crippen molar-refractivity contribution in [3.05, 3.63) is 59.4 Å². The van der Waals surface area contributed by atoms with Crippen molar-refractivity contribution in [2.75, 3.05) is 0 Å². The Morgan fingerprint density at radius 1 is 1.12 bits per heavy atom. The first-order chi connectivity index (χ1) is 15.5. The molecule has 2 fully saturated rings. The summed E-state index contributed by atoms with van der Waals surface area (Å²) in [6, 6.07) is 11.3. The molecular weight excluding hydrogens is 434 g/mol. The number of carbonyl (C=O) groups is 3. The predicted octanol–water partition coefficient (Wildman–Crippen LogP) is 3.69. The number of furan rings is 1. The molecule has 1 saturated carbocycles. The molecule has 3 aromatic rings. The number of halogens is 1. The van der Waals surface area contributed by atoms with Gasteiger partial charge in [0.2, 0.25) is 0 Å². The highest BCUT2D eigenvalue weighted by atomic mass is 35.5. The van der Waals surface area contributed by atoms with Crippen molar-refractivity contribution in [1.82, 2.24) is 25.5 Å². The van der Waals surface area contributed by atoms with E-state index in [1.165, 1.54) is 12.3 Å². The first-order valence-electron chi connectivity index (χ1n) is 10.3. The van der Waals surface area contributed by atoms with E-state index < -0.39 is 23.4 Å². The zero-order valence-electron chi connectivity index (χ0n) is 17.0. The summed E-state index contributed by atoms with van der Waals surface area (Å²) in [7, 11) is 0. The summed E-state index contributed by atoms with van der Waals surface area (Å²) in [5.41, 5.74) is 2.71. The van der Waals surface area contributed by atoms with Gasteiger partial charge in [-0.05, 0) is 49.2 Å². The van der Waals surface area contributed by atoms with Crippen molar-refractivity contribution < 1.29 is 18.8 Å². The van der Waals surface area contributed by atoms with Crippen LogP contribution in [0.3, 0.4) is 0 Å². The number of amides is 4. The van der Waals surface area contributed by atoms with E-state index in [9.17, 15) is 14.4 Å². The van der Waals surface area contributed by atoms with E-state index in [0.29, 0.717) is 35.0 Å². The zero-order valence-corrected chi connectivity index (χ0v) is 17.8. The van der Waals surface area contributed by atoms with Gasteiger partial charge in [0.1, 0.15) is 11.2 Å². The third-order valence-electron chi connectivity index (χ3n) is 5.87. The molecule has 9 nitrogen and oxygen atoms in total. The third-order valence-corrected chi connectivity index (χ3v) is 6.12. The number of hydrazine groups is 1. The minimum Gasteiger partial charge on any atom is -0.463 e. The normalized spacial score (nSPS) is 17.6. The zero-order chi connectivity index (χ0) is 22.3. The van der Waals surface area contributed by atoms with Crippen LogP contribution in [0.2, 0.25) is 5.02 Å². The second-order valence-corrected chi connectivity index (χ2v) is 8.37. The van der Waals surface area contributed by atoms with Gasteiger partial charge >= 0.3 is 6.03 Å². The number of rotatable bonds is 4. The first-order valence-corrected chi connectivity index (χ1v) is 10.7. The van der Waals surface area contributed by atoms with Crippen LogP contribution in [0.15, 0.2) is 53.1 Å². The van der Waals surface area contributed by atoms with Crippen molar-refractivity contribution in [2.45, 2.75) is 37.6 Å². The van der Waals surface area contributed by atoms with Gasteiger partial charge in [0, 0.05) is 11.1 Å². The molecule has 3 heterocycles. The molecule has 0 atom stereocenters. The summed E-state index contributed by atoms with van der Waals surface area (Å²) >= 11 is 5.99. The molecule has 1 aliphatic carbocycles. The first kappa shape index (κ1) is 20.3. The number of aromatic nitrogens is 2. The summed E-state index contributed by atoms with van der Waals surface area (Å²) in [6.07, 6.45) is 5.38. The van der Waals surface area contributed by atoms with Crippen LogP contribution < -0.4 is 10.7 Å². The lowest BCUT2D eigenvalue weighted by molar-refractivity contribution is -0.134. The summed E-state index contributed by atoms with van der Waals surface area (Å²) in [5.74, 6) is -0.608. The molecule has 0 radical (unpaired) electrons. The Hall–Kier alpha value is -3.59. The SMILES string of the molecule is O=C(NN1C(=O)NC2(CCCCC2)C1=O)c1cc(-c2ccco2)n(-c2ccc(Cl)cc2)n1. The lowest BCUT2D eigenvalue weighted by Crippen LogP contribution is -2.51. The van der Waals surface area contributed by atoms with Crippen molar-refractivity contribution in [3.8, 4) is 17.1 Å². The average molecular weight is 454 g/mol. The van der Waals surface area contributed by atoms with Crippen LogP contribution in [0, 0.1) is 0 Å². The highest BCUT2D eigenvalue weighted by molar-refractivity contribution is 6.30. The maximum absolute atomic E-state index is 13.0. The molecule has 164 valence electrons. The number of carbonyl (C=O) groups excluding carboxylic acids is 3. The standard InChI is InChI=1S/C22H20ClN5O4/c23-14-6-8-15(9-7-14)27-17(18-5-4-12-32-18)13-16(25-27)19(29)26-28-20(30)22(24-21(28)31)10-2-1-3-11-22/h4-9,12-13H,1-3,10-11H2,(H,24,31)(H,26,29). The van der Waals surface area contributed by atoms with Crippen LogP contribution in [-0.4, -0.2) is 38.2 Å². The number of nitrogens with one attached hydrogen (secondary N) is 2. The number of imide groups is 1. The highest BCUT2D eigenvalue weighted by Gasteiger charge is 2.52. The molecule has 0 bridgehead atoms. The quantitative estimate of drug-likeness (QED) is 0.585. The number of urea groups is 1. The molecule has 1 spiro atoms. The number of hydrogen-bond donors (Lipinski definition) is 2. The van der Waals surface area contributed by atoms with Gasteiger partial charge in [-0.1, -0.05) is 30.9 Å². The van der Waals surface area contributed by atoms with Gasteiger partial charge in [0.15, 0.2) is 11.5 Å². The van der Waals surface area contributed by atoms with Gasteiger partial charge in [0.05, 0.1) is 12.0 Å². The molecular formula is C22H20ClN5O4. The number of hydrogen-bond acceptors (Lipinski definition) is 5. The number of nitrogens with zero attached hydrogens (tertiary/aromatic N) is 3. The Morgan fingerprint density at radius 3 is 2.56 bits per heavy atom. The Morgan fingerprint density at radius 2 is 1.88 bits per heavy atom. The van der Waals surface area contributed by atoms with Gasteiger partial charge in [0.25, 0.3) is 11.8 Å². The molecule has 1 saturated heterocycles. The molecule has 1 aliphatic heterocycles. The summed E-state index contributed by atoms with van der Waals surface area (Å²) in [4.78, 5) is 38.4. The Bertz CT molecular complexity index is 1180. The Balaban J connectivity index is 1.44. The molecule has 4 amide bonds. The third kappa shape index (κ3) is 3.44. The van der Waals surface area contributed by atoms with Gasteiger partial charge in [-0.3, -0.25) is 15.0 Å². The molecule has 2 N–H and O–H groups in total. The topological polar surface area (TPSA) is 109 Å². The van der Waals surface area contributed by atoms with E-state index in [1.54, 1.807) is 41.1 Å². The largest absolute Gasteiger partial charge is 0.463 e. The summed E-state index contributed by atoms with van der Waals surface area (Å²) < 4.78 is 7.03. The maximum atomic E-state index is 13.0. The second kappa shape index (κ2) is 7.83. The van der Waals surface area contributed by atoms with Crippen LogP contribution in [0.25, 0.3) is 17.1 Å². The number of benzene rings is 1. The molecule has 5 rings (SSSR count). The van der Waals surface area contributed by atoms with E-state index in [4.69, 9.17) is 16.0 Å². The minimum absolute atomic E-state index is 0.0246. The maximum Gasteiger partial charge on any atom is 0.344 e. The van der Waals surface area contributed by atoms with E-state index >= 15 is 0 Å². The Labute approximate surface area is 188 Å². The van der Waals surface area contributed by atoms with E-state index in [1.807, 2.05) is 0 Å². The molecule has 0 unspecified atom stereocenters. The van der Waals surface area contributed by atoms with E-state index in [0.717, 1.165) is 24.3 Å². The smallest absolute Gasteiger partial charge is 0.344 e. The monoisotopic (exact) mass is 453 g/mol. The molecule has 2 aromatic heterocycles. The summed E-state index contributed by atoms with van der Waals surface area (Å²) in [5, 5.41) is 8.49. The van der Waals surface area contributed by atoms with Crippen LogP contribution in [-0.2, 0) is 4.79 Å². The van der Waals surface area contributed by atoms with Crippen molar-refractivity contribution in [1.29, 1.82) is 0 Å². The lowest BCUT2D eigenvalue weighted by atomic mass is 9.82. The fourth-order valence-corrected chi connectivity index (χ4v) is 4.37. The predicted molar refractivity (Wildman–Crippen MR) is 115 cm³/mol. The molecule has 1 aromatic carbocycles. The van der Waals surface area contributed by atoms with Crippen LogP contribution >= 0.6 is 11.6 Å². The second-order valence-electron chi connectivity index (χ2n) is 7.93. The lowest BCUT2D eigenvalue weighted by Gasteiger charge is -2.30. The average Bonchev–Trinajstić information content (AvgIpc) is 3.51. The fraction of sp³-hybridized carbons (Fsp3) is 0.273. The molecule has 10 heteroatoms. The van der Waals surface area contributed by atoms with Crippen molar-refractivity contribution in [3.63, 3.8) is 0 Å². The minimum atomic E-state index is -0.926.